The molecule has 0 saturated carbocycles. The molecule has 2 aromatic carbocycles. The van der Waals surface area contributed by atoms with Crippen LogP contribution in [0.25, 0.3) is 16.7 Å². The van der Waals surface area contributed by atoms with E-state index in [1.807, 2.05) is 0 Å². The first-order valence-corrected chi connectivity index (χ1v) is 5.83. The zero-order valence-electron chi connectivity index (χ0n) is 9.57. The second-order valence-corrected chi connectivity index (χ2v) is 4.45. The predicted octanol–water partition coefficient (Wildman–Crippen LogP) is 3.54. The first kappa shape index (κ1) is 11.9. The van der Waals surface area contributed by atoms with Gasteiger partial charge in [-0.2, -0.15) is 0 Å². The van der Waals surface area contributed by atoms with Crippen molar-refractivity contribution in [2.45, 2.75) is 0 Å². The SMILES string of the molecule is Nc1nc2cc(F)c(Cl)cc2n1-c1cccc(F)c1. The molecule has 19 heavy (non-hydrogen) atoms. The number of anilines is 1. The number of benzene rings is 2. The average molecular weight is 280 g/mol. The summed E-state index contributed by atoms with van der Waals surface area (Å²) >= 11 is 5.76. The largest absolute Gasteiger partial charge is 0.369 e. The van der Waals surface area contributed by atoms with E-state index in [4.69, 9.17) is 17.3 Å². The number of rotatable bonds is 1. The molecule has 0 aliphatic rings. The number of nitrogen functional groups attached to an aromatic ring is 1. The molecule has 0 aliphatic heterocycles. The molecule has 0 unspecified atom stereocenters. The minimum Gasteiger partial charge on any atom is -0.369 e. The molecule has 1 heterocycles. The third-order valence-corrected chi connectivity index (χ3v) is 3.08. The quantitative estimate of drug-likeness (QED) is 0.740. The first-order chi connectivity index (χ1) is 9.06. The highest BCUT2D eigenvalue weighted by molar-refractivity contribution is 6.31. The van der Waals surface area contributed by atoms with Crippen molar-refractivity contribution in [1.29, 1.82) is 0 Å². The van der Waals surface area contributed by atoms with Crippen molar-refractivity contribution < 1.29 is 8.78 Å². The summed E-state index contributed by atoms with van der Waals surface area (Å²) in [7, 11) is 0. The fraction of sp³-hybridized carbons (Fsp3) is 0. The number of nitrogens with zero attached hydrogens (tertiary/aromatic N) is 2. The van der Waals surface area contributed by atoms with Gasteiger partial charge in [0.15, 0.2) is 0 Å². The average Bonchev–Trinajstić information content (AvgIpc) is 2.65. The molecule has 0 saturated heterocycles. The highest BCUT2D eigenvalue weighted by Gasteiger charge is 2.13. The van der Waals surface area contributed by atoms with Crippen LogP contribution in [0.4, 0.5) is 14.7 Å². The van der Waals surface area contributed by atoms with Gasteiger partial charge in [0.1, 0.15) is 11.6 Å². The highest BCUT2D eigenvalue weighted by Crippen LogP contribution is 2.27. The smallest absolute Gasteiger partial charge is 0.205 e. The minimum atomic E-state index is -0.571. The van der Waals surface area contributed by atoms with Crippen molar-refractivity contribution >= 4 is 28.6 Å². The van der Waals surface area contributed by atoms with Gasteiger partial charge in [0.05, 0.1) is 21.7 Å². The van der Waals surface area contributed by atoms with Gasteiger partial charge in [0.2, 0.25) is 5.95 Å². The normalized spacial score (nSPS) is 11.1. The molecule has 0 fully saturated rings. The topological polar surface area (TPSA) is 43.8 Å². The predicted molar refractivity (Wildman–Crippen MR) is 70.4 cm³/mol. The van der Waals surface area contributed by atoms with Gasteiger partial charge < -0.3 is 5.73 Å². The number of hydrogen-bond donors (Lipinski definition) is 1. The fourth-order valence-electron chi connectivity index (χ4n) is 1.98. The number of hydrogen-bond acceptors (Lipinski definition) is 2. The van der Waals surface area contributed by atoms with Crippen LogP contribution in [-0.2, 0) is 0 Å². The second kappa shape index (κ2) is 4.20. The Kier molecular flexibility index (Phi) is 2.64. The molecular weight excluding hydrogens is 272 g/mol. The lowest BCUT2D eigenvalue weighted by molar-refractivity contribution is 0.626. The summed E-state index contributed by atoms with van der Waals surface area (Å²) in [6, 6.07) is 8.49. The summed E-state index contributed by atoms with van der Waals surface area (Å²) in [4.78, 5) is 4.04. The Morgan fingerprint density at radius 3 is 2.68 bits per heavy atom. The van der Waals surface area contributed by atoms with E-state index in [2.05, 4.69) is 4.98 Å². The van der Waals surface area contributed by atoms with E-state index in [9.17, 15) is 8.78 Å². The number of aromatic nitrogens is 2. The van der Waals surface area contributed by atoms with Crippen molar-refractivity contribution in [2.24, 2.45) is 0 Å². The van der Waals surface area contributed by atoms with Gasteiger partial charge in [-0.25, -0.2) is 13.8 Å². The van der Waals surface area contributed by atoms with Crippen LogP contribution in [0, 0.1) is 11.6 Å². The van der Waals surface area contributed by atoms with Crippen LogP contribution in [-0.4, -0.2) is 9.55 Å². The maximum Gasteiger partial charge on any atom is 0.205 e. The summed E-state index contributed by atoms with van der Waals surface area (Å²) in [6.07, 6.45) is 0. The standard InChI is InChI=1S/C13H8ClF2N3/c14-9-5-12-11(6-10(9)16)18-13(17)19(12)8-3-1-2-7(15)4-8/h1-6H,(H2,17,18). The molecular formula is C13H8ClF2N3. The van der Waals surface area contributed by atoms with Crippen LogP contribution in [0.2, 0.25) is 5.02 Å². The van der Waals surface area contributed by atoms with E-state index >= 15 is 0 Å². The molecule has 6 heteroatoms. The second-order valence-electron chi connectivity index (χ2n) is 4.04. The third kappa shape index (κ3) is 1.92. The molecule has 0 aliphatic carbocycles. The zero-order chi connectivity index (χ0) is 13.6. The van der Waals surface area contributed by atoms with Crippen LogP contribution >= 0.6 is 11.6 Å². The van der Waals surface area contributed by atoms with E-state index in [0.717, 1.165) is 0 Å². The lowest BCUT2D eigenvalue weighted by atomic mass is 10.2. The summed E-state index contributed by atoms with van der Waals surface area (Å²) in [5.41, 5.74) is 7.19. The Hall–Kier alpha value is -2.14. The lowest BCUT2D eigenvalue weighted by Crippen LogP contribution is -2.00. The Balaban J connectivity index is 2.34. The molecule has 0 spiro atoms. The minimum absolute atomic E-state index is 0.0370. The van der Waals surface area contributed by atoms with Crippen LogP contribution in [0.15, 0.2) is 36.4 Å². The number of halogens is 3. The molecule has 0 radical (unpaired) electrons. The van der Waals surface area contributed by atoms with Gasteiger partial charge in [-0.05, 0) is 24.3 Å². The maximum absolute atomic E-state index is 13.4. The van der Waals surface area contributed by atoms with Crippen LogP contribution in [0.3, 0.4) is 0 Å². The van der Waals surface area contributed by atoms with E-state index in [0.29, 0.717) is 16.7 Å². The van der Waals surface area contributed by atoms with Crippen LogP contribution in [0.1, 0.15) is 0 Å². The monoisotopic (exact) mass is 279 g/mol. The number of nitrogens with two attached hydrogens (primary N) is 1. The summed E-state index contributed by atoms with van der Waals surface area (Å²) in [5, 5.41) is -0.0370. The Bertz CT molecular complexity index is 783. The first-order valence-electron chi connectivity index (χ1n) is 5.45. The highest BCUT2D eigenvalue weighted by atomic mass is 35.5. The van der Waals surface area contributed by atoms with Gasteiger partial charge in [0.25, 0.3) is 0 Å². The summed E-state index contributed by atoms with van der Waals surface area (Å²) in [5.74, 6) is -0.827. The summed E-state index contributed by atoms with van der Waals surface area (Å²) < 4.78 is 28.2. The van der Waals surface area contributed by atoms with E-state index in [1.54, 1.807) is 12.1 Å². The molecule has 0 amide bonds. The van der Waals surface area contributed by atoms with Crippen LogP contribution < -0.4 is 5.73 Å². The third-order valence-electron chi connectivity index (χ3n) is 2.79. The number of imidazole rings is 1. The zero-order valence-corrected chi connectivity index (χ0v) is 10.3. The van der Waals surface area contributed by atoms with E-state index < -0.39 is 11.6 Å². The van der Waals surface area contributed by atoms with E-state index in [1.165, 1.54) is 28.8 Å². The molecule has 0 atom stereocenters. The lowest BCUT2D eigenvalue weighted by Gasteiger charge is -2.06. The fourth-order valence-corrected chi connectivity index (χ4v) is 2.14. The van der Waals surface area contributed by atoms with Crippen molar-refractivity contribution in [3.05, 3.63) is 53.1 Å². The Labute approximate surface area is 112 Å². The van der Waals surface area contributed by atoms with Crippen molar-refractivity contribution in [3.63, 3.8) is 0 Å². The molecule has 1 aromatic heterocycles. The van der Waals surface area contributed by atoms with Crippen molar-refractivity contribution in [1.82, 2.24) is 9.55 Å². The molecule has 0 bridgehead atoms. The molecule has 96 valence electrons. The van der Waals surface area contributed by atoms with E-state index in [-0.39, 0.29) is 11.0 Å². The van der Waals surface area contributed by atoms with Gasteiger partial charge in [-0.3, -0.25) is 4.57 Å². The molecule has 3 aromatic rings. The molecule has 2 N–H and O–H groups in total. The van der Waals surface area contributed by atoms with Gasteiger partial charge in [-0.1, -0.05) is 17.7 Å². The van der Waals surface area contributed by atoms with Crippen molar-refractivity contribution in [2.75, 3.05) is 5.73 Å². The Morgan fingerprint density at radius 1 is 1.16 bits per heavy atom. The van der Waals surface area contributed by atoms with Gasteiger partial charge in [0, 0.05) is 6.07 Å². The Morgan fingerprint density at radius 2 is 1.95 bits per heavy atom. The molecule has 3 nitrogen and oxygen atoms in total. The molecule has 3 rings (SSSR count). The van der Waals surface area contributed by atoms with Crippen LogP contribution in [0.5, 0.6) is 0 Å². The van der Waals surface area contributed by atoms with Crippen molar-refractivity contribution in [3.8, 4) is 5.69 Å². The van der Waals surface area contributed by atoms with Gasteiger partial charge >= 0.3 is 0 Å². The van der Waals surface area contributed by atoms with Gasteiger partial charge in [-0.15, -0.1) is 0 Å². The summed E-state index contributed by atoms with van der Waals surface area (Å²) in [6.45, 7) is 0. The number of fused-ring (bicyclic) bond motifs is 1. The maximum atomic E-state index is 13.4.